The Hall–Kier alpha value is -3.62. The van der Waals surface area contributed by atoms with Crippen LogP contribution in [0, 0.1) is 0 Å². The molecule has 8 heteroatoms. The fourth-order valence-corrected chi connectivity index (χ4v) is 4.51. The van der Waals surface area contributed by atoms with Crippen molar-refractivity contribution in [3.8, 4) is 5.75 Å². The number of aliphatic hydroxyl groups excluding tert-OH is 1. The van der Waals surface area contributed by atoms with Crippen molar-refractivity contribution in [2.75, 3.05) is 25.4 Å². The first-order chi connectivity index (χ1) is 17.2. The van der Waals surface area contributed by atoms with Crippen molar-refractivity contribution in [3.05, 3.63) is 96.1 Å². The fraction of sp³-hybridized carbons (Fsp3) is 0.250. The SMILES string of the molecule is CN(C)C(=O)CCc1ccccc1OCC[C@@H](O)/C=C/c1cccc(NS(=O)(=O)c2ccccc2)c1. The average molecular weight is 509 g/mol. The van der Waals surface area contributed by atoms with Crippen LogP contribution in [-0.4, -0.2) is 51.1 Å². The summed E-state index contributed by atoms with van der Waals surface area (Å²) in [7, 11) is -0.207. The van der Waals surface area contributed by atoms with Gasteiger partial charge in [-0.05, 0) is 47.9 Å². The number of para-hydroxylation sites is 1. The molecule has 0 radical (unpaired) electrons. The molecule has 0 aliphatic rings. The number of anilines is 1. The minimum atomic E-state index is -3.68. The van der Waals surface area contributed by atoms with Gasteiger partial charge < -0.3 is 14.7 Å². The van der Waals surface area contributed by atoms with Gasteiger partial charge in [-0.3, -0.25) is 9.52 Å². The van der Waals surface area contributed by atoms with Gasteiger partial charge in [0.1, 0.15) is 5.75 Å². The number of ether oxygens (including phenoxy) is 1. The standard InChI is InChI=1S/C28H32N2O5S/c1-30(2)28(32)18-16-23-10-6-7-14-27(23)35-20-19-25(31)17-15-22-9-8-11-24(21-22)29-36(33,34)26-12-4-3-5-13-26/h3-15,17,21,25,29,31H,16,18-20H2,1-2H3/b17-15+/t25-/m0/s1. The van der Waals surface area contributed by atoms with Crippen molar-refractivity contribution >= 4 is 27.7 Å². The molecule has 1 atom stereocenters. The monoisotopic (exact) mass is 508 g/mol. The number of carbonyl (C=O) groups excluding carboxylic acids is 1. The van der Waals surface area contributed by atoms with Crippen LogP contribution in [-0.2, 0) is 21.2 Å². The summed E-state index contributed by atoms with van der Waals surface area (Å²) in [5.74, 6) is 0.765. The fourth-order valence-electron chi connectivity index (χ4n) is 3.44. The maximum absolute atomic E-state index is 12.5. The van der Waals surface area contributed by atoms with Crippen molar-refractivity contribution < 1.29 is 23.1 Å². The lowest BCUT2D eigenvalue weighted by Gasteiger charge is -2.14. The largest absolute Gasteiger partial charge is 0.493 e. The van der Waals surface area contributed by atoms with Gasteiger partial charge in [0.25, 0.3) is 10.0 Å². The lowest BCUT2D eigenvalue weighted by atomic mass is 10.1. The molecule has 0 aliphatic carbocycles. The molecule has 0 saturated heterocycles. The predicted molar refractivity (Wildman–Crippen MR) is 142 cm³/mol. The molecule has 7 nitrogen and oxygen atoms in total. The summed E-state index contributed by atoms with van der Waals surface area (Å²) in [5.41, 5.74) is 2.13. The molecule has 36 heavy (non-hydrogen) atoms. The van der Waals surface area contributed by atoms with Gasteiger partial charge in [0.05, 0.1) is 17.6 Å². The van der Waals surface area contributed by atoms with E-state index in [-0.39, 0.29) is 10.8 Å². The molecule has 3 rings (SSSR count). The van der Waals surface area contributed by atoms with Crippen molar-refractivity contribution in [1.82, 2.24) is 4.90 Å². The van der Waals surface area contributed by atoms with E-state index in [0.29, 0.717) is 37.3 Å². The first-order valence-corrected chi connectivity index (χ1v) is 13.2. The first kappa shape index (κ1) is 27.0. The number of aliphatic hydroxyl groups is 1. The molecule has 0 aliphatic heterocycles. The molecule has 3 aromatic rings. The van der Waals surface area contributed by atoms with E-state index >= 15 is 0 Å². The Labute approximate surface area is 213 Å². The number of nitrogens with one attached hydrogen (secondary N) is 1. The Balaban J connectivity index is 1.52. The third kappa shape index (κ3) is 8.25. The van der Waals surface area contributed by atoms with Crippen molar-refractivity contribution in [1.29, 1.82) is 0 Å². The smallest absolute Gasteiger partial charge is 0.261 e. The summed E-state index contributed by atoms with van der Waals surface area (Å²) in [6.07, 6.45) is 4.01. The van der Waals surface area contributed by atoms with Gasteiger partial charge in [0.2, 0.25) is 5.91 Å². The number of benzene rings is 3. The highest BCUT2D eigenvalue weighted by Gasteiger charge is 2.13. The number of sulfonamides is 1. The van der Waals surface area contributed by atoms with Crippen LogP contribution in [0.5, 0.6) is 5.75 Å². The molecule has 0 unspecified atom stereocenters. The van der Waals surface area contributed by atoms with E-state index in [1.54, 1.807) is 67.5 Å². The number of hydrogen-bond donors (Lipinski definition) is 2. The Morgan fingerprint density at radius 3 is 2.50 bits per heavy atom. The number of nitrogens with zero attached hydrogens (tertiary/aromatic N) is 1. The zero-order valence-electron chi connectivity index (χ0n) is 20.5. The number of hydrogen-bond acceptors (Lipinski definition) is 5. The van der Waals surface area contributed by atoms with Gasteiger partial charge in [-0.2, -0.15) is 0 Å². The van der Waals surface area contributed by atoms with Gasteiger partial charge in [-0.15, -0.1) is 0 Å². The van der Waals surface area contributed by atoms with E-state index < -0.39 is 16.1 Å². The Morgan fingerprint density at radius 2 is 1.75 bits per heavy atom. The molecule has 0 aromatic heterocycles. The molecule has 0 saturated carbocycles. The Kier molecular flexibility index (Phi) is 9.67. The summed E-state index contributed by atoms with van der Waals surface area (Å²) in [4.78, 5) is 13.6. The topological polar surface area (TPSA) is 95.9 Å². The van der Waals surface area contributed by atoms with Crippen LogP contribution in [0.15, 0.2) is 89.8 Å². The lowest BCUT2D eigenvalue weighted by molar-refractivity contribution is -0.128. The van der Waals surface area contributed by atoms with Crippen LogP contribution in [0.3, 0.4) is 0 Å². The van der Waals surface area contributed by atoms with Crippen LogP contribution in [0.25, 0.3) is 6.08 Å². The molecular formula is C28H32N2O5S. The highest BCUT2D eigenvalue weighted by molar-refractivity contribution is 7.92. The van der Waals surface area contributed by atoms with Gasteiger partial charge in [-0.1, -0.05) is 60.7 Å². The molecule has 0 fully saturated rings. The second-order valence-corrected chi connectivity index (χ2v) is 10.2. The molecular weight excluding hydrogens is 476 g/mol. The van der Waals surface area contributed by atoms with Crippen molar-refractivity contribution in [2.45, 2.75) is 30.3 Å². The molecule has 0 bridgehead atoms. The highest BCUT2D eigenvalue weighted by Crippen LogP contribution is 2.21. The first-order valence-electron chi connectivity index (χ1n) is 11.7. The summed E-state index contributed by atoms with van der Waals surface area (Å²) < 4.78 is 33.5. The summed E-state index contributed by atoms with van der Waals surface area (Å²) in [5, 5.41) is 10.4. The maximum atomic E-state index is 12.5. The molecule has 2 N–H and O–H groups in total. The average Bonchev–Trinajstić information content (AvgIpc) is 2.87. The minimum absolute atomic E-state index is 0.0577. The third-order valence-electron chi connectivity index (χ3n) is 5.45. The van der Waals surface area contributed by atoms with Crippen LogP contribution in [0.2, 0.25) is 0 Å². The van der Waals surface area contributed by atoms with Crippen LogP contribution >= 0.6 is 0 Å². The van der Waals surface area contributed by atoms with E-state index in [1.807, 2.05) is 30.3 Å². The van der Waals surface area contributed by atoms with Crippen molar-refractivity contribution in [2.24, 2.45) is 0 Å². The number of rotatable bonds is 12. The molecule has 3 aromatic carbocycles. The minimum Gasteiger partial charge on any atom is -0.493 e. The molecule has 190 valence electrons. The van der Waals surface area contributed by atoms with Crippen LogP contribution in [0.4, 0.5) is 5.69 Å². The Morgan fingerprint density at radius 1 is 1.03 bits per heavy atom. The van der Waals surface area contributed by atoms with E-state index in [9.17, 15) is 18.3 Å². The van der Waals surface area contributed by atoms with E-state index in [4.69, 9.17) is 4.74 Å². The van der Waals surface area contributed by atoms with E-state index in [2.05, 4.69) is 4.72 Å². The summed E-state index contributed by atoms with van der Waals surface area (Å²) in [6, 6.07) is 22.7. The summed E-state index contributed by atoms with van der Waals surface area (Å²) >= 11 is 0. The summed E-state index contributed by atoms with van der Waals surface area (Å²) in [6.45, 7) is 0.307. The van der Waals surface area contributed by atoms with E-state index in [0.717, 1.165) is 11.1 Å². The van der Waals surface area contributed by atoms with Gasteiger partial charge in [0, 0.05) is 32.6 Å². The zero-order chi connectivity index (χ0) is 26.0. The van der Waals surface area contributed by atoms with Gasteiger partial charge in [-0.25, -0.2) is 8.42 Å². The van der Waals surface area contributed by atoms with Crippen molar-refractivity contribution in [3.63, 3.8) is 0 Å². The van der Waals surface area contributed by atoms with Crippen LogP contribution in [0.1, 0.15) is 24.0 Å². The normalized spacial score (nSPS) is 12.3. The second-order valence-electron chi connectivity index (χ2n) is 8.50. The van der Waals surface area contributed by atoms with Crippen LogP contribution < -0.4 is 9.46 Å². The second kappa shape index (κ2) is 12.9. The predicted octanol–water partition coefficient (Wildman–Crippen LogP) is 4.35. The van der Waals surface area contributed by atoms with E-state index in [1.165, 1.54) is 12.1 Å². The zero-order valence-corrected chi connectivity index (χ0v) is 21.3. The third-order valence-corrected chi connectivity index (χ3v) is 6.85. The Bertz CT molecular complexity index is 1270. The number of amides is 1. The molecule has 0 heterocycles. The number of carbonyl (C=O) groups is 1. The maximum Gasteiger partial charge on any atom is 0.261 e. The quantitative estimate of drug-likeness (QED) is 0.379. The lowest BCUT2D eigenvalue weighted by Crippen LogP contribution is -2.21. The van der Waals surface area contributed by atoms with Gasteiger partial charge in [0.15, 0.2) is 0 Å². The highest BCUT2D eigenvalue weighted by atomic mass is 32.2. The van der Waals surface area contributed by atoms with Gasteiger partial charge >= 0.3 is 0 Å². The molecule has 1 amide bonds. The number of aryl methyl sites for hydroxylation is 1. The molecule has 0 spiro atoms.